The molecule has 0 bridgehead atoms. The Kier molecular flexibility index (Phi) is 2.47. The van der Waals surface area contributed by atoms with E-state index in [0.29, 0.717) is 11.1 Å². The van der Waals surface area contributed by atoms with E-state index in [1.807, 2.05) is 12.1 Å². The molecular formula is C16H16O2. The monoisotopic (exact) mass is 240 g/mol. The second kappa shape index (κ2) is 3.91. The van der Waals surface area contributed by atoms with E-state index in [1.54, 1.807) is 12.1 Å². The van der Waals surface area contributed by atoms with Crippen LogP contribution in [0.15, 0.2) is 35.4 Å². The molecule has 1 aromatic rings. The molecule has 2 aliphatic rings. The quantitative estimate of drug-likeness (QED) is 0.651. The molecule has 1 aromatic carbocycles. The van der Waals surface area contributed by atoms with E-state index < -0.39 is 0 Å². The Morgan fingerprint density at radius 3 is 1.61 bits per heavy atom. The molecule has 0 spiro atoms. The lowest BCUT2D eigenvalue weighted by molar-refractivity contribution is 0.0721. The Labute approximate surface area is 107 Å². The summed E-state index contributed by atoms with van der Waals surface area (Å²) in [6.45, 7) is 4.15. The van der Waals surface area contributed by atoms with Gasteiger partial charge in [0.15, 0.2) is 11.6 Å². The van der Waals surface area contributed by atoms with Gasteiger partial charge in [0.25, 0.3) is 0 Å². The van der Waals surface area contributed by atoms with E-state index >= 15 is 0 Å². The van der Waals surface area contributed by atoms with Crippen LogP contribution in [0.5, 0.6) is 0 Å². The lowest BCUT2D eigenvalue weighted by Crippen LogP contribution is -2.38. The van der Waals surface area contributed by atoms with Gasteiger partial charge in [-0.1, -0.05) is 35.4 Å². The van der Waals surface area contributed by atoms with Crippen molar-refractivity contribution in [1.29, 1.82) is 0 Å². The first-order valence-corrected chi connectivity index (χ1v) is 6.42. The first kappa shape index (κ1) is 11.4. The molecule has 0 saturated heterocycles. The van der Waals surface area contributed by atoms with Gasteiger partial charge in [0.05, 0.1) is 0 Å². The van der Waals surface area contributed by atoms with E-state index in [4.69, 9.17) is 0 Å². The summed E-state index contributed by atoms with van der Waals surface area (Å²) in [5, 5.41) is 0. The standard InChI is InChI=1S/C16H16O2/c1-9-7-13-14(8-10(9)2)16(18)12-6-4-3-5-11(12)15(13)17/h3-6,13-14H,7-8H2,1-2H3. The van der Waals surface area contributed by atoms with Crippen molar-refractivity contribution in [2.45, 2.75) is 26.7 Å². The smallest absolute Gasteiger partial charge is 0.167 e. The van der Waals surface area contributed by atoms with Gasteiger partial charge in [-0.05, 0) is 26.7 Å². The minimum atomic E-state index is -0.129. The van der Waals surface area contributed by atoms with Gasteiger partial charge in [-0.15, -0.1) is 0 Å². The molecule has 3 rings (SSSR count). The van der Waals surface area contributed by atoms with Crippen LogP contribution in [-0.4, -0.2) is 11.6 Å². The normalized spacial score (nSPS) is 27.0. The van der Waals surface area contributed by atoms with Crippen molar-refractivity contribution in [2.75, 3.05) is 0 Å². The molecule has 0 N–H and O–H groups in total. The molecule has 0 aromatic heterocycles. The van der Waals surface area contributed by atoms with Crippen LogP contribution in [0.1, 0.15) is 47.4 Å². The van der Waals surface area contributed by atoms with Crippen molar-refractivity contribution < 1.29 is 9.59 Å². The predicted octanol–water partition coefficient (Wildman–Crippen LogP) is 3.43. The van der Waals surface area contributed by atoms with Gasteiger partial charge in [-0.2, -0.15) is 0 Å². The summed E-state index contributed by atoms with van der Waals surface area (Å²) < 4.78 is 0. The van der Waals surface area contributed by atoms with Gasteiger partial charge in [-0.3, -0.25) is 9.59 Å². The van der Waals surface area contributed by atoms with Gasteiger partial charge in [0, 0.05) is 23.0 Å². The summed E-state index contributed by atoms with van der Waals surface area (Å²) >= 11 is 0. The van der Waals surface area contributed by atoms with Gasteiger partial charge in [0.1, 0.15) is 0 Å². The van der Waals surface area contributed by atoms with Crippen LogP contribution in [0.25, 0.3) is 0 Å². The summed E-state index contributed by atoms with van der Waals surface area (Å²) in [5.41, 5.74) is 3.79. The number of carbonyl (C=O) groups is 2. The van der Waals surface area contributed by atoms with Crippen molar-refractivity contribution in [1.82, 2.24) is 0 Å². The molecule has 0 radical (unpaired) electrons. The Balaban J connectivity index is 2.12. The number of carbonyl (C=O) groups excluding carboxylic acids is 2. The fourth-order valence-corrected chi connectivity index (χ4v) is 3.16. The maximum Gasteiger partial charge on any atom is 0.167 e. The second-order valence-electron chi connectivity index (χ2n) is 5.46. The molecule has 2 aliphatic carbocycles. The van der Waals surface area contributed by atoms with E-state index in [1.165, 1.54) is 11.1 Å². The van der Waals surface area contributed by atoms with Crippen LogP contribution in [0.4, 0.5) is 0 Å². The lowest BCUT2D eigenvalue weighted by atomic mass is 9.66. The molecular weight excluding hydrogens is 224 g/mol. The average Bonchev–Trinajstić information content (AvgIpc) is 2.38. The summed E-state index contributed by atoms with van der Waals surface area (Å²) in [6, 6.07) is 7.24. The third-order valence-corrected chi connectivity index (χ3v) is 4.40. The van der Waals surface area contributed by atoms with Crippen molar-refractivity contribution in [3.8, 4) is 0 Å². The average molecular weight is 240 g/mol. The Morgan fingerprint density at radius 1 is 0.833 bits per heavy atom. The fourth-order valence-electron chi connectivity index (χ4n) is 3.16. The van der Waals surface area contributed by atoms with Gasteiger partial charge >= 0.3 is 0 Å². The van der Waals surface area contributed by atoms with E-state index in [9.17, 15) is 9.59 Å². The topological polar surface area (TPSA) is 34.1 Å². The highest BCUT2D eigenvalue weighted by molar-refractivity contribution is 6.16. The number of ketones is 2. The predicted molar refractivity (Wildman–Crippen MR) is 69.7 cm³/mol. The highest BCUT2D eigenvalue weighted by Crippen LogP contribution is 2.41. The molecule has 0 amide bonds. The van der Waals surface area contributed by atoms with E-state index in [-0.39, 0.29) is 23.4 Å². The molecule has 0 heterocycles. The van der Waals surface area contributed by atoms with Crippen molar-refractivity contribution >= 4 is 11.6 Å². The molecule has 2 nitrogen and oxygen atoms in total. The van der Waals surface area contributed by atoms with Crippen LogP contribution < -0.4 is 0 Å². The van der Waals surface area contributed by atoms with Gasteiger partial charge < -0.3 is 0 Å². The maximum absolute atomic E-state index is 12.5. The maximum atomic E-state index is 12.5. The molecule has 18 heavy (non-hydrogen) atoms. The van der Waals surface area contributed by atoms with Crippen LogP contribution in [0.2, 0.25) is 0 Å². The number of hydrogen-bond donors (Lipinski definition) is 0. The van der Waals surface area contributed by atoms with Crippen LogP contribution in [0.3, 0.4) is 0 Å². The highest BCUT2D eigenvalue weighted by Gasteiger charge is 2.42. The van der Waals surface area contributed by atoms with Gasteiger partial charge in [0.2, 0.25) is 0 Å². The van der Waals surface area contributed by atoms with Crippen LogP contribution in [0, 0.1) is 11.8 Å². The minimum absolute atomic E-state index is 0.129. The second-order valence-corrected chi connectivity index (χ2v) is 5.46. The number of benzene rings is 1. The SMILES string of the molecule is CC1=C(C)CC2C(=O)c3ccccc3C(=O)C2C1. The lowest BCUT2D eigenvalue weighted by Gasteiger charge is -2.35. The highest BCUT2D eigenvalue weighted by atomic mass is 16.1. The molecule has 0 fully saturated rings. The summed E-state index contributed by atoms with van der Waals surface area (Å²) in [5.74, 6) is 0.0521. The Bertz CT molecular complexity index is 530. The third kappa shape index (κ3) is 1.48. The number of hydrogen-bond acceptors (Lipinski definition) is 2. The molecule has 0 saturated carbocycles. The number of rotatable bonds is 0. The molecule has 2 heteroatoms. The molecule has 2 unspecified atom stereocenters. The summed E-state index contributed by atoms with van der Waals surface area (Å²) in [6.07, 6.45) is 1.49. The third-order valence-electron chi connectivity index (χ3n) is 4.40. The summed E-state index contributed by atoms with van der Waals surface area (Å²) in [4.78, 5) is 24.9. The number of fused-ring (bicyclic) bond motifs is 2. The fraction of sp³-hybridized carbons (Fsp3) is 0.375. The van der Waals surface area contributed by atoms with E-state index in [2.05, 4.69) is 13.8 Å². The minimum Gasteiger partial charge on any atom is -0.294 e. The molecule has 92 valence electrons. The Hall–Kier alpha value is -1.70. The molecule has 0 aliphatic heterocycles. The zero-order chi connectivity index (χ0) is 12.9. The Morgan fingerprint density at radius 2 is 1.22 bits per heavy atom. The zero-order valence-electron chi connectivity index (χ0n) is 10.7. The van der Waals surface area contributed by atoms with Crippen molar-refractivity contribution in [3.63, 3.8) is 0 Å². The van der Waals surface area contributed by atoms with Crippen molar-refractivity contribution in [3.05, 3.63) is 46.5 Å². The van der Waals surface area contributed by atoms with Gasteiger partial charge in [-0.25, -0.2) is 0 Å². The van der Waals surface area contributed by atoms with E-state index in [0.717, 1.165) is 12.8 Å². The number of allylic oxidation sites excluding steroid dienone is 2. The van der Waals surface area contributed by atoms with Crippen LogP contribution >= 0.6 is 0 Å². The summed E-state index contributed by atoms with van der Waals surface area (Å²) in [7, 11) is 0. The largest absolute Gasteiger partial charge is 0.294 e. The zero-order valence-corrected chi connectivity index (χ0v) is 10.7. The number of Topliss-reactive ketones (excluding diaryl/α,β-unsaturated/α-hetero) is 2. The van der Waals surface area contributed by atoms with Crippen molar-refractivity contribution in [2.24, 2.45) is 11.8 Å². The van der Waals surface area contributed by atoms with Crippen LogP contribution in [-0.2, 0) is 0 Å². The first-order valence-electron chi connectivity index (χ1n) is 6.42. The first-order chi connectivity index (χ1) is 8.59. The molecule has 2 atom stereocenters.